The molecule has 3 rings (SSSR count). The lowest BCUT2D eigenvalue weighted by Gasteiger charge is -2.29. The van der Waals surface area contributed by atoms with E-state index in [1.54, 1.807) is 0 Å². The highest BCUT2D eigenvalue weighted by Gasteiger charge is 2.28. The number of hydrogen-bond acceptors (Lipinski definition) is 4. The number of nitrogens with one attached hydrogen (secondary N) is 1. The molecule has 1 fully saturated rings. The van der Waals surface area contributed by atoms with E-state index in [2.05, 4.69) is 48.7 Å². The van der Waals surface area contributed by atoms with E-state index in [0.717, 1.165) is 63.3 Å². The average molecular weight is 475 g/mol. The first-order valence-electron chi connectivity index (χ1n) is 9.74. The highest BCUT2D eigenvalue weighted by molar-refractivity contribution is 14.0. The SMILES string of the molecule is CCN(CC)C1CCN(C(=NC)NCC2CCc3nnc(C)n3C2)C1.I. The fraction of sp³-hybridized carbons (Fsp3) is 0.833. The van der Waals surface area contributed by atoms with Gasteiger partial charge in [-0.3, -0.25) is 9.89 Å². The second-order valence-electron chi connectivity index (χ2n) is 7.22. The van der Waals surface area contributed by atoms with E-state index in [1.807, 2.05) is 14.0 Å². The van der Waals surface area contributed by atoms with Crippen LogP contribution in [0.25, 0.3) is 0 Å². The van der Waals surface area contributed by atoms with Gasteiger partial charge in [0.2, 0.25) is 0 Å². The van der Waals surface area contributed by atoms with Gasteiger partial charge in [-0.1, -0.05) is 13.8 Å². The lowest BCUT2D eigenvalue weighted by atomic mass is 9.99. The molecule has 2 unspecified atom stereocenters. The average Bonchev–Trinajstić information content (AvgIpc) is 3.25. The molecular formula is C18H34IN7. The van der Waals surface area contributed by atoms with Gasteiger partial charge in [-0.05, 0) is 38.8 Å². The number of rotatable bonds is 5. The van der Waals surface area contributed by atoms with E-state index in [0.29, 0.717) is 12.0 Å². The summed E-state index contributed by atoms with van der Waals surface area (Å²) in [4.78, 5) is 9.51. The zero-order valence-corrected chi connectivity index (χ0v) is 18.9. The predicted molar refractivity (Wildman–Crippen MR) is 116 cm³/mol. The van der Waals surface area contributed by atoms with Crippen molar-refractivity contribution in [2.75, 3.05) is 39.8 Å². The minimum absolute atomic E-state index is 0. The molecule has 1 saturated heterocycles. The van der Waals surface area contributed by atoms with Gasteiger partial charge >= 0.3 is 0 Å². The number of guanidine groups is 1. The Bertz CT molecular complexity index is 596. The Kier molecular flexibility index (Phi) is 8.12. The van der Waals surface area contributed by atoms with Crippen LogP contribution in [-0.2, 0) is 13.0 Å². The van der Waals surface area contributed by atoms with Crippen molar-refractivity contribution >= 4 is 29.9 Å². The van der Waals surface area contributed by atoms with E-state index < -0.39 is 0 Å². The highest BCUT2D eigenvalue weighted by Crippen LogP contribution is 2.20. The second-order valence-corrected chi connectivity index (χ2v) is 7.22. The molecule has 0 saturated carbocycles. The summed E-state index contributed by atoms with van der Waals surface area (Å²) in [5, 5.41) is 12.1. The minimum Gasteiger partial charge on any atom is -0.356 e. The minimum atomic E-state index is 0. The smallest absolute Gasteiger partial charge is 0.193 e. The summed E-state index contributed by atoms with van der Waals surface area (Å²) >= 11 is 0. The summed E-state index contributed by atoms with van der Waals surface area (Å²) in [5.41, 5.74) is 0. The molecule has 7 nitrogen and oxygen atoms in total. The van der Waals surface area contributed by atoms with E-state index in [-0.39, 0.29) is 24.0 Å². The van der Waals surface area contributed by atoms with E-state index in [4.69, 9.17) is 0 Å². The number of nitrogens with zero attached hydrogens (tertiary/aromatic N) is 6. The lowest BCUT2D eigenvalue weighted by molar-refractivity contribution is 0.223. The Labute approximate surface area is 174 Å². The second kappa shape index (κ2) is 9.87. The van der Waals surface area contributed by atoms with Gasteiger partial charge in [-0.15, -0.1) is 34.2 Å². The fourth-order valence-electron chi connectivity index (χ4n) is 4.24. The van der Waals surface area contributed by atoms with Crippen molar-refractivity contribution in [3.05, 3.63) is 11.6 Å². The van der Waals surface area contributed by atoms with Crippen LogP contribution in [0, 0.1) is 12.8 Å². The molecule has 0 radical (unpaired) electrons. The summed E-state index contributed by atoms with van der Waals surface area (Å²) in [7, 11) is 1.90. The molecule has 148 valence electrons. The van der Waals surface area contributed by atoms with Crippen molar-refractivity contribution in [3.63, 3.8) is 0 Å². The van der Waals surface area contributed by atoms with Crippen molar-refractivity contribution < 1.29 is 0 Å². The maximum Gasteiger partial charge on any atom is 0.193 e. The molecule has 1 aromatic rings. The Morgan fingerprint density at radius 3 is 2.69 bits per heavy atom. The van der Waals surface area contributed by atoms with Gasteiger partial charge in [0.05, 0.1) is 0 Å². The summed E-state index contributed by atoms with van der Waals surface area (Å²) in [6.07, 6.45) is 3.43. The van der Waals surface area contributed by atoms with Crippen molar-refractivity contribution in [2.24, 2.45) is 10.9 Å². The Balaban J connectivity index is 0.00000243. The molecule has 0 bridgehead atoms. The van der Waals surface area contributed by atoms with Crippen LogP contribution in [0.2, 0.25) is 0 Å². The zero-order chi connectivity index (χ0) is 17.8. The van der Waals surface area contributed by atoms with E-state index >= 15 is 0 Å². The molecule has 2 aliphatic heterocycles. The molecule has 0 spiro atoms. The molecule has 0 aromatic carbocycles. The molecule has 26 heavy (non-hydrogen) atoms. The molecule has 1 N–H and O–H groups in total. The lowest BCUT2D eigenvalue weighted by Crippen LogP contribution is -2.45. The molecule has 3 heterocycles. The highest BCUT2D eigenvalue weighted by atomic mass is 127. The maximum atomic E-state index is 4.53. The molecule has 8 heteroatoms. The summed E-state index contributed by atoms with van der Waals surface area (Å²) < 4.78 is 2.27. The third-order valence-electron chi connectivity index (χ3n) is 5.78. The monoisotopic (exact) mass is 475 g/mol. The van der Waals surface area contributed by atoms with Gasteiger partial charge in [0.25, 0.3) is 0 Å². The van der Waals surface area contributed by atoms with Crippen molar-refractivity contribution in [2.45, 2.75) is 52.6 Å². The Morgan fingerprint density at radius 1 is 1.23 bits per heavy atom. The first-order valence-corrected chi connectivity index (χ1v) is 9.74. The van der Waals surface area contributed by atoms with Gasteiger partial charge in [0.1, 0.15) is 11.6 Å². The van der Waals surface area contributed by atoms with Gasteiger partial charge in [-0.25, -0.2) is 0 Å². The Morgan fingerprint density at radius 2 is 2.00 bits per heavy atom. The van der Waals surface area contributed by atoms with Crippen LogP contribution in [0.15, 0.2) is 4.99 Å². The van der Waals surface area contributed by atoms with Crippen molar-refractivity contribution in [1.29, 1.82) is 0 Å². The van der Waals surface area contributed by atoms with E-state index in [1.165, 1.54) is 12.8 Å². The van der Waals surface area contributed by atoms with Crippen LogP contribution in [0.4, 0.5) is 0 Å². The van der Waals surface area contributed by atoms with Gasteiger partial charge in [0, 0.05) is 45.7 Å². The van der Waals surface area contributed by atoms with Crippen LogP contribution in [0.1, 0.15) is 38.3 Å². The fourth-order valence-corrected chi connectivity index (χ4v) is 4.24. The van der Waals surface area contributed by atoms with Crippen LogP contribution in [0.3, 0.4) is 0 Å². The number of hydrogen-bond donors (Lipinski definition) is 1. The largest absolute Gasteiger partial charge is 0.356 e. The first-order chi connectivity index (χ1) is 12.2. The van der Waals surface area contributed by atoms with Crippen LogP contribution in [-0.4, -0.2) is 76.3 Å². The first kappa shape index (κ1) is 21.4. The van der Waals surface area contributed by atoms with Gasteiger partial charge < -0.3 is 14.8 Å². The predicted octanol–water partition coefficient (Wildman–Crippen LogP) is 1.76. The normalized spacial score (nSPS) is 23.1. The Hall–Kier alpha value is -0.900. The summed E-state index contributed by atoms with van der Waals surface area (Å²) in [5.74, 6) is 3.84. The van der Waals surface area contributed by atoms with E-state index in [9.17, 15) is 0 Å². The number of halogens is 1. The van der Waals surface area contributed by atoms with Crippen molar-refractivity contribution in [3.8, 4) is 0 Å². The molecule has 2 aliphatic rings. The van der Waals surface area contributed by atoms with Crippen LogP contribution >= 0.6 is 24.0 Å². The maximum absolute atomic E-state index is 4.53. The zero-order valence-electron chi connectivity index (χ0n) is 16.6. The number of likely N-dealkylation sites (N-methyl/N-ethyl adjacent to an activating group) is 1. The van der Waals surface area contributed by atoms with Crippen molar-refractivity contribution in [1.82, 2.24) is 29.9 Å². The topological polar surface area (TPSA) is 61.6 Å². The number of likely N-dealkylation sites (tertiary alicyclic amines) is 1. The van der Waals surface area contributed by atoms with Gasteiger partial charge in [0.15, 0.2) is 5.96 Å². The molecule has 0 aliphatic carbocycles. The number of aryl methyl sites for hydroxylation is 2. The molecule has 2 atom stereocenters. The van der Waals surface area contributed by atoms with Crippen LogP contribution in [0.5, 0.6) is 0 Å². The quantitative estimate of drug-likeness (QED) is 0.400. The number of aliphatic imine (C=N–C) groups is 1. The summed E-state index contributed by atoms with van der Waals surface area (Å²) in [6.45, 7) is 13.0. The summed E-state index contributed by atoms with van der Waals surface area (Å²) in [6, 6.07) is 0.658. The third-order valence-corrected chi connectivity index (χ3v) is 5.78. The molecule has 0 amide bonds. The number of aromatic nitrogens is 3. The third kappa shape index (κ3) is 4.68. The van der Waals surface area contributed by atoms with Gasteiger partial charge in [-0.2, -0.15) is 0 Å². The van der Waals surface area contributed by atoms with Crippen LogP contribution < -0.4 is 5.32 Å². The number of fused-ring (bicyclic) bond motifs is 1. The molecule has 1 aromatic heterocycles. The molecular weight excluding hydrogens is 441 g/mol. The standard InChI is InChI=1S/C18H33N7.HI/c1-5-23(6-2)16-9-10-24(13-16)18(19-4)20-11-15-7-8-17-22-21-14(3)25(17)12-15;/h15-16H,5-13H2,1-4H3,(H,19,20);1H.